The average molecular weight is 297 g/mol. The predicted octanol–water partition coefficient (Wildman–Crippen LogP) is 2.86. The van der Waals surface area contributed by atoms with Gasteiger partial charge in [-0.1, -0.05) is 13.0 Å². The Hall–Kier alpha value is -2.53. The molecular formula is C17H19N3O2. The standard InChI is InChI=1S/C17H19N3O2/c1-2-9-22-14-6-4-13(5-7-14)16-17(18)20-10-12(11-21)3-8-15(20)19-16/h3-8,10,21H,2,9,11,18H2,1H3. The Kier molecular flexibility index (Phi) is 3.98. The first-order valence-electron chi connectivity index (χ1n) is 7.33. The second kappa shape index (κ2) is 6.07. The summed E-state index contributed by atoms with van der Waals surface area (Å²) in [5, 5.41) is 9.22. The molecule has 0 radical (unpaired) electrons. The Morgan fingerprint density at radius 1 is 1.18 bits per heavy atom. The lowest BCUT2D eigenvalue weighted by atomic mass is 10.1. The molecule has 0 aliphatic carbocycles. The van der Waals surface area contributed by atoms with Crippen LogP contribution in [-0.4, -0.2) is 21.1 Å². The molecule has 22 heavy (non-hydrogen) atoms. The third kappa shape index (κ3) is 2.63. The zero-order chi connectivity index (χ0) is 15.5. The summed E-state index contributed by atoms with van der Waals surface area (Å²) in [5.41, 5.74) is 9.43. The zero-order valence-corrected chi connectivity index (χ0v) is 12.5. The van der Waals surface area contributed by atoms with Gasteiger partial charge >= 0.3 is 0 Å². The van der Waals surface area contributed by atoms with Gasteiger partial charge in [-0.15, -0.1) is 0 Å². The molecule has 0 amide bonds. The number of hydrogen-bond donors (Lipinski definition) is 2. The summed E-state index contributed by atoms with van der Waals surface area (Å²) in [5.74, 6) is 1.41. The normalized spacial score (nSPS) is 11.0. The van der Waals surface area contributed by atoms with E-state index in [1.807, 2.05) is 36.4 Å². The minimum absolute atomic E-state index is 0.0215. The lowest BCUT2D eigenvalue weighted by Crippen LogP contribution is -1.96. The van der Waals surface area contributed by atoms with Gasteiger partial charge in [0.25, 0.3) is 0 Å². The molecule has 5 heteroatoms. The van der Waals surface area contributed by atoms with Crippen LogP contribution in [0, 0.1) is 0 Å². The molecule has 3 N–H and O–H groups in total. The van der Waals surface area contributed by atoms with Gasteiger partial charge in [0.05, 0.1) is 13.2 Å². The second-order valence-electron chi connectivity index (χ2n) is 5.14. The first-order chi connectivity index (χ1) is 10.7. The molecule has 0 spiro atoms. The van der Waals surface area contributed by atoms with Crippen LogP contribution in [0.2, 0.25) is 0 Å². The topological polar surface area (TPSA) is 72.8 Å². The van der Waals surface area contributed by atoms with Crippen molar-refractivity contribution in [3.63, 3.8) is 0 Å². The van der Waals surface area contributed by atoms with Crippen LogP contribution >= 0.6 is 0 Å². The monoisotopic (exact) mass is 297 g/mol. The molecule has 2 aromatic heterocycles. The molecule has 0 saturated heterocycles. The van der Waals surface area contributed by atoms with Crippen LogP contribution in [0.15, 0.2) is 42.6 Å². The smallest absolute Gasteiger partial charge is 0.139 e. The Balaban J connectivity index is 1.97. The van der Waals surface area contributed by atoms with Crippen molar-refractivity contribution < 1.29 is 9.84 Å². The van der Waals surface area contributed by atoms with Gasteiger partial charge in [0.15, 0.2) is 0 Å². The largest absolute Gasteiger partial charge is 0.494 e. The van der Waals surface area contributed by atoms with Crippen molar-refractivity contribution in [1.82, 2.24) is 9.38 Å². The lowest BCUT2D eigenvalue weighted by Gasteiger charge is -2.05. The van der Waals surface area contributed by atoms with Crippen molar-refractivity contribution in [2.75, 3.05) is 12.3 Å². The van der Waals surface area contributed by atoms with Gasteiger partial charge in [0, 0.05) is 11.8 Å². The van der Waals surface area contributed by atoms with Gasteiger partial charge in [-0.2, -0.15) is 0 Å². The highest BCUT2D eigenvalue weighted by Gasteiger charge is 2.11. The minimum atomic E-state index is -0.0215. The molecule has 3 aromatic rings. The summed E-state index contributed by atoms with van der Waals surface area (Å²) in [7, 11) is 0. The Bertz CT molecular complexity index is 778. The number of aliphatic hydroxyl groups is 1. The molecular weight excluding hydrogens is 278 g/mol. The molecule has 0 saturated carbocycles. The molecule has 0 atom stereocenters. The Morgan fingerprint density at radius 2 is 1.95 bits per heavy atom. The van der Waals surface area contributed by atoms with E-state index in [-0.39, 0.29) is 6.61 Å². The van der Waals surface area contributed by atoms with Gasteiger partial charge in [-0.05, 0) is 42.3 Å². The summed E-state index contributed by atoms with van der Waals surface area (Å²) in [4.78, 5) is 4.57. The van der Waals surface area contributed by atoms with Gasteiger partial charge in [-0.25, -0.2) is 4.98 Å². The third-order valence-corrected chi connectivity index (χ3v) is 3.50. The quantitative estimate of drug-likeness (QED) is 0.759. The number of ether oxygens (including phenoxy) is 1. The van der Waals surface area contributed by atoms with Crippen LogP contribution in [0.5, 0.6) is 5.75 Å². The van der Waals surface area contributed by atoms with Crippen LogP contribution in [0.25, 0.3) is 16.9 Å². The maximum Gasteiger partial charge on any atom is 0.139 e. The van der Waals surface area contributed by atoms with Crippen molar-refractivity contribution in [2.24, 2.45) is 0 Å². The van der Waals surface area contributed by atoms with E-state index >= 15 is 0 Å². The number of nitrogen functional groups attached to an aromatic ring is 1. The van der Waals surface area contributed by atoms with Gasteiger partial charge < -0.3 is 15.6 Å². The number of benzene rings is 1. The summed E-state index contributed by atoms with van der Waals surface area (Å²) in [6.45, 7) is 2.76. The molecule has 1 aromatic carbocycles. The fourth-order valence-electron chi connectivity index (χ4n) is 2.34. The fraction of sp³-hybridized carbons (Fsp3) is 0.235. The number of pyridine rings is 1. The van der Waals surface area contributed by atoms with E-state index in [0.717, 1.165) is 34.6 Å². The Morgan fingerprint density at radius 3 is 2.64 bits per heavy atom. The zero-order valence-electron chi connectivity index (χ0n) is 12.5. The lowest BCUT2D eigenvalue weighted by molar-refractivity contribution is 0.281. The van der Waals surface area contributed by atoms with Crippen LogP contribution in [0.4, 0.5) is 5.82 Å². The number of hydrogen-bond acceptors (Lipinski definition) is 4. The number of aromatic nitrogens is 2. The number of rotatable bonds is 5. The van der Waals surface area contributed by atoms with Gasteiger partial charge in [-0.3, -0.25) is 4.40 Å². The van der Waals surface area contributed by atoms with Crippen molar-refractivity contribution in [1.29, 1.82) is 0 Å². The number of imidazole rings is 1. The molecule has 2 heterocycles. The van der Waals surface area contributed by atoms with Gasteiger partial charge in [0.2, 0.25) is 0 Å². The molecule has 3 rings (SSSR count). The molecule has 0 aliphatic heterocycles. The highest BCUT2D eigenvalue weighted by Crippen LogP contribution is 2.28. The van der Waals surface area contributed by atoms with E-state index in [4.69, 9.17) is 10.5 Å². The third-order valence-electron chi connectivity index (χ3n) is 3.50. The molecule has 5 nitrogen and oxygen atoms in total. The maximum absolute atomic E-state index is 9.22. The number of aliphatic hydroxyl groups excluding tert-OH is 1. The van der Waals surface area contributed by atoms with Gasteiger partial charge in [0.1, 0.15) is 22.9 Å². The van der Waals surface area contributed by atoms with Crippen molar-refractivity contribution >= 4 is 11.5 Å². The van der Waals surface area contributed by atoms with Crippen LogP contribution in [0.3, 0.4) is 0 Å². The fourth-order valence-corrected chi connectivity index (χ4v) is 2.34. The van der Waals surface area contributed by atoms with E-state index in [1.165, 1.54) is 0 Å². The van der Waals surface area contributed by atoms with Crippen molar-refractivity contribution in [2.45, 2.75) is 20.0 Å². The number of anilines is 1. The van der Waals surface area contributed by atoms with E-state index in [9.17, 15) is 5.11 Å². The summed E-state index contributed by atoms with van der Waals surface area (Å²) in [6, 6.07) is 11.4. The number of nitrogens with zero attached hydrogens (tertiary/aromatic N) is 2. The minimum Gasteiger partial charge on any atom is -0.494 e. The first kappa shape index (κ1) is 14.4. The second-order valence-corrected chi connectivity index (χ2v) is 5.14. The molecule has 0 bridgehead atoms. The average Bonchev–Trinajstić information content (AvgIpc) is 2.90. The SMILES string of the molecule is CCCOc1ccc(-c2nc3ccc(CO)cn3c2N)cc1. The molecule has 0 unspecified atom stereocenters. The van der Waals surface area contributed by atoms with Crippen LogP contribution < -0.4 is 10.5 Å². The van der Waals surface area contributed by atoms with E-state index in [0.29, 0.717) is 12.4 Å². The van der Waals surface area contributed by atoms with Crippen LogP contribution in [0.1, 0.15) is 18.9 Å². The Labute approximate surface area is 129 Å². The molecule has 114 valence electrons. The van der Waals surface area contributed by atoms with Crippen molar-refractivity contribution in [3.8, 4) is 17.0 Å². The highest BCUT2D eigenvalue weighted by molar-refractivity contribution is 5.75. The number of fused-ring (bicyclic) bond motifs is 1. The first-order valence-corrected chi connectivity index (χ1v) is 7.33. The maximum atomic E-state index is 9.22. The predicted molar refractivity (Wildman–Crippen MR) is 86.7 cm³/mol. The van der Waals surface area contributed by atoms with Crippen LogP contribution in [-0.2, 0) is 6.61 Å². The molecule has 0 fully saturated rings. The van der Waals surface area contributed by atoms with E-state index in [2.05, 4.69) is 11.9 Å². The summed E-state index contributed by atoms with van der Waals surface area (Å²) < 4.78 is 7.37. The molecule has 0 aliphatic rings. The highest BCUT2D eigenvalue weighted by atomic mass is 16.5. The number of nitrogens with two attached hydrogens (primary N) is 1. The van der Waals surface area contributed by atoms with Crippen molar-refractivity contribution in [3.05, 3.63) is 48.2 Å². The van der Waals surface area contributed by atoms with E-state index < -0.39 is 0 Å². The summed E-state index contributed by atoms with van der Waals surface area (Å²) >= 11 is 0. The van der Waals surface area contributed by atoms with E-state index in [1.54, 1.807) is 10.6 Å². The summed E-state index contributed by atoms with van der Waals surface area (Å²) in [6.07, 6.45) is 2.79.